The quantitative estimate of drug-likeness (QED) is 0.197. The van der Waals surface area contributed by atoms with Gasteiger partial charge in [-0.1, -0.05) is 63.2 Å². The fourth-order valence-electron chi connectivity index (χ4n) is 5.28. The van der Waals surface area contributed by atoms with E-state index < -0.39 is 0 Å². The Morgan fingerprint density at radius 1 is 0.906 bits per heavy atom. The SMILES string of the molecule is [2H]c1c([2H])[n+](C)c2c3c(cc4c(CC(C)(C)C)cccc4c13)Oc1cc3ccccc3c(C)c1-2. The molecule has 1 aliphatic rings. The van der Waals surface area contributed by atoms with E-state index >= 15 is 0 Å². The van der Waals surface area contributed by atoms with E-state index in [-0.39, 0.29) is 17.6 Å². The summed E-state index contributed by atoms with van der Waals surface area (Å²) in [4.78, 5) is 0. The molecule has 0 saturated heterocycles. The minimum absolute atomic E-state index is 0.128. The van der Waals surface area contributed by atoms with Crippen LogP contribution in [0.1, 0.15) is 34.6 Å². The van der Waals surface area contributed by atoms with E-state index in [9.17, 15) is 0 Å². The molecule has 0 bridgehead atoms. The Hall–Kier alpha value is -3.39. The standard InChI is InChI=1S/C30H28NO/c1-18-21-11-7-6-9-19(21)15-25-27(18)29-28-23(13-14-31(29)5)22-12-8-10-20(17-30(2,3)4)24(22)16-26(28)32-25/h6-16H,17H2,1-5H3/q+1/i13D,14D. The summed E-state index contributed by atoms with van der Waals surface area (Å²) in [6.45, 7) is 8.86. The maximum Gasteiger partial charge on any atom is 0.228 e. The zero-order valence-corrected chi connectivity index (χ0v) is 19.3. The van der Waals surface area contributed by atoms with Gasteiger partial charge >= 0.3 is 0 Å². The van der Waals surface area contributed by atoms with Crippen molar-refractivity contribution in [2.75, 3.05) is 0 Å². The van der Waals surface area contributed by atoms with E-state index in [0.29, 0.717) is 0 Å². The number of fused-ring (bicyclic) bond motifs is 5. The molecule has 0 fully saturated rings. The lowest BCUT2D eigenvalue weighted by Crippen LogP contribution is -2.31. The number of rotatable bonds is 1. The Kier molecular flexibility index (Phi) is 3.52. The fraction of sp³-hybridized carbons (Fsp3) is 0.233. The van der Waals surface area contributed by atoms with Crippen LogP contribution in [0.4, 0.5) is 0 Å². The molecule has 0 spiro atoms. The lowest BCUT2D eigenvalue weighted by atomic mass is 9.84. The summed E-state index contributed by atoms with van der Waals surface area (Å²) in [7, 11) is 1.89. The summed E-state index contributed by atoms with van der Waals surface area (Å²) < 4.78 is 26.3. The fourth-order valence-corrected chi connectivity index (χ4v) is 5.28. The zero-order chi connectivity index (χ0) is 23.9. The van der Waals surface area contributed by atoms with Gasteiger partial charge in [0, 0.05) is 11.4 Å². The number of nitrogens with zero attached hydrogens (tertiary/aromatic N) is 1. The van der Waals surface area contributed by atoms with Crippen LogP contribution >= 0.6 is 0 Å². The molecule has 4 aromatic carbocycles. The third-order valence-corrected chi connectivity index (χ3v) is 6.61. The van der Waals surface area contributed by atoms with E-state index in [4.69, 9.17) is 7.48 Å². The van der Waals surface area contributed by atoms with E-state index in [0.717, 1.165) is 61.7 Å². The molecule has 5 aromatic rings. The van der Waals surface area contributed by atoms with Crippen LogP contribution in [0, 0.1) is 12.3 Å². The second kappa shape index (κ2) is 6.56. The third-order valence-electron chi connectivity index (χ3n) is 6.61. The van der Waals surface area contributed by atoms with Crippen LogP contribution < -0.4 is 9.30 Å². The minimum Gasteiger partial charge on any atom is -0.456 e. The van der Waals surface area contributed by atoms with Gasteiger partial charge in [-0.15, -0.1) is 0 Å². The molecule has 0 amide bonds. The first kappa shape index (κ1) is 17.2. The van der Waals surface area contributed by atoms with Crippen molar-refractivity contribution >= 4 is 32.3 Å². The predicted molar refractivity (Wildman–Crippen MR) is 134 cm³/mol. The van der Waals surface area contributed by atoms with E-state index in [1.807, 2.05) is 17.7 Å². The molecule has 0 radical (unpaired) electrons. The number of pyridine rings is 1. The molecule has 6 rings (SSSR count). The van der Waals surface area contributed by atoms with Crippen LogP contribution in [0.2, 0.25) is 0 Å². The molecule has 0 saturated carbocycles. The molecule has 1 aliphatic heterocycles. The summed E-state index contributed by atoms with van der Waals surface area (Å²) in [5, 5.41) is 6.17. The van der Waals surface area contributed by atoms with Crippen LogP contribution in [0.5, 0.6) is 11.5 Å². The molecule has 2 nitrogen and oxygen atoms in total. The van der Waals surface area contributed by atoms with Gasteiger partial charge in [-0.2, -0.15) is 0 Å². The molecule has 0 unspecified atom stereocenters. The van der Waals surface area contributed by atoms with Crippen molar-refractivity contribution in [1.29, 1.82) is 0 Å². The average Bonchev–Trinajstić information content (AvgIpc) is 2.79. The summed E-state index contributed by atoms with van der Waals surface area (Å²) in [5.74, 6) is 1.58. The molecule has 0 atom stereocenters. The largest absolute Gasteiger partial charge is 0.456 e. The van der Waals surface area contributed by atoms with Gasteiger partial charge in [0.25, 0.3) is 0 Å². The Bertz CT molecular complexity index is 1680. The number of benzene rings is 4. The molecule has 158 valence electrons. The van der Waals surface area contributed by atoms with Crippen molar-refractivity contribution in [1.82, 2.24) is 0 Å². The maximum absolute atomic E-state index is 8.96. The highest BCUT2D eigenvalue weighted by molar-refractivity contribution is 6.16. The van der Waals surface area contributed by atoms with Crippen molar-refractivity contribution in [3.8, 4) is 22.8 Å². The Labute approximate surface area is 191 Å². The van der Waals surface area contributed by atoms with Crippen molar-refractivity contribution < 1.29 is 12.0 Å². The summed E-state index contributed by atoms with van der Waals surface area (Å²) >= 11 is 0. The summed E-state index contributed by atoms with van der Waals surface area (Å²) in [5.41, 5.74) is 4.47. The highest BCUT2D eigenvalue weighted by atomic mass is 16.5. The second-order valence-electron chi connectivity index (χ2n) is 10.2. The van der Waals surface area contributed by atoms with E-state index in [2.05, 4.69) is 76.2 Å². The summed E-state index contributed by atoms with van der Waals surface area (Å²) in [6.07, 6.45) is 1.13. The first-order chi connectivity index (χ1) is 16.2. The molecular weight excluding hydrogens is 390 g/mol. The van der Waals surface area contributed by atoms with Gasteiger partial charge in [-0.05, 0) is 63.6 Å². The Morgan fingerprint density at radius 3 is 2.50 bits per heavy atom. The molecule has 2 heterocycles. The first-order valence-corrected chi connectivity index (χ1v) is 11.2. The summed E-state index contributed by atoms with van der Waals surface area (Å²) in [6, 6.07) is 19.2. The topological polar surface area (TPSA) is 13.1 Å². The average molecular weight is 421 g/mol. The number of ether oxygens (including phenoxy) is 1. The lowest BCUT2D eigenvalue weighted by molar-refractivity contribution is -0.659. The van der Waals surface area contributed by atoms with Gasteiger partial charge in [0.1, 0.15) is 19.9 Å². The molecule has 0 aliphatic carbocycles. The van der Waals surface area contributed by atoms with Crippen molar-refractivity contribution in [2.45, 2.75) is 34.1 Å². The molecular formula is C30H28NO+. The van der Waals surface area contributed by atoms with Gasteiger partial charge in [-0.25, -0.2) is 4.57 Å². The number of aryl methyl sites for hydroxylation is 1. The van der Waals surface area contributed by atoms with Gasteiger partial charge in [0.15, 0.2) is 6.17 Å². The van der Waals surface area contributed by atoms with Crippen LogP contribution in [0.3, 0.4) is 0 Å². The maximum atomic E-state index is 8.96. The van der Waals surface area contributed by atoms with Crippen molar-refractivity contribution in [2.24, 2.45) is 12.5 Å². The van der Waals surface area contributed by atoms with Gasteiger partial charge in [-0.3, -0.25) is 0 Å². The predicted octanol–water partition coefficient (Wildman–Crippen LogP) is 7.64. The van der Waals surface area contributed by atoms with Crippen molar-refractivity contribution in [3.05, 3.63) is 77.9 Å². The molecule has 1 aromatic heterocycles. The monoisotopic (exact) mass is 420 g/mol. The van der Waals surface area contributed by atoms with Crippen LogP contribution in [0.25, 0.3) is 43.6 Å². The van der Waals surface area contributed by atoms with Crippen LogP contribution in [-0.4, -0.2) is 0 Å². The van der Waals surface area contributed by atoms with Crippen LogP contribution in [-0.2, 0) is 13.5 Å². The minimum atomic E-state index is 0.128. The molecule has 2 heteroatoms. The van der Waals surface area contributed by atoms with Crippen molar-refractivity contribution in [3.63, 3.8) is 0 Å². The second-order valence-corrected chi connectivity index (χ2v) is 10.2. The highest BCUT2D eigenvalue weighted by Crippen LogP contribution is 2.50. The third kappa shape index (κ3) is 2.75. The molecule has 32 heavy (non-hydrogen) atoms. The van der Waals surface area contributed by atoms with E-state index in [1.165, 1.54) is 10.9 Å². The number of hydrogen-bond donors (Lipinski definition) is 0. The smallest absolute Gasteiger partial charge is 0.228 e. The normalized spacial score (nSPS) is 13.8. The lowest BCUT2D eigenvalue weighted by Gasteiger charge is -2.24. The van der Waals surface area contributed by atoms with E-state index in [1.54, 1.807) is 0 Å². The number of aromatic nitrogens is 1. The zero-order valence-electron chi connectivity index (χ0n) is 21.3. The highest BCUT2D eigenvalue weighted by Gasteiger charge is 2.31. The van der Waals surface area contributed by atoms with Gasteiger partial charge < -0.3 is 4.74 Å². The van der Waals surface area contributed by atoms with Gasteiger partial charge in [0.2, 0.25) is 5.69 Å². The Morgan fingerprint density at radius 2 is 1.69 bits per heavy atom. The number of hydrogen-bond acceptors (Lipinski definition) is 1. The van der Waals surface area contributed by atoms with Gasteiger partial charge in [0.05, 0.1) is 12.3 Å². The molecule has 0 N–H and O–H groups in total. The van der Waals surface area contributed by atoms with Crippen LogP contribution in [0.15, 0.2) is 66.8 Å². The Balaban J connectivity index is 1.81. The first-order valence-electron chi connectivity index (χ1n) is 12.2.